The Bertz CT molecular complexity index is 697. The third-order valence-corrected chi connectivity index (χ3v) is 6.62. The minimum absolute atomic E-state index is 0.122. The van der Waals surface area contributed by atoms with E-state index in [0.29, 0.717) is 23.7 Å². The second kappa shape index (κ2) is 8.06. The number of hydrogen-bond acceptors (Lipinski definition) is 6. The van der Waals surface area contributed by atoms with Crippen molar-refractivity contribution in [1.82, 2.24) is 20.7 Å². The van der Waals surface area contributed by atoms with E-state index in [1.807, 2.05) is 12.3 Å². The summed E-state index contributed by atoms with van der Waals surface area (Å²) in [7, 11) is 0. The van der Waals surface area contributed by atoms with E-state index in [9.17, 15) is 4.79 Å². The fourth-order valence-corrected chi connectivity index (χ4v) is 4.57. The van der Waals surface area contributed by atoms with Gasteiger partial charge in [0.05, 0.1) is 12.8 Å². The first-order chi connectivity index (χ1) is 13.8. The van der Waals surface area contributed by atoms with Crippen molar-refractivity contribution in [3.63, 3.8) is 0 Å². The number of rotatable bonds is 5. The lowest BCUT2D eigenvalue weighted by Gasteiger charge is -2.34. The normalized spacial score (nSPS) is 31.4. The summed E-state index contributed by atoms with van der Waals surface area (Å²) >= 11 is 0. The van der Waals surface area contributed by atoms with Gasteiger partial charge < -0.3 is 9.64 Å². The molecule has 0 spiro atoms. The van der Waals surface area contributed by atoms with Crippen LogP contribution in [0.1, 0.15) is 61.9 Å². The summed E-state index contributed by atoms with van der Waals surface area (Å²) in [4.78, 5) is 24.8. The second-order valence-corrected chi connectivity index (χ2v) is 8.70. The third kappa shape index (κ3) is 4.08. The Morgan fingerprint density at radius 1 is 1.21 bits per heavy atom. The smallest absolute Gasteiger partial charge is 0.222 e. The van der Waals surface area contributed by atoms with Crippen molar-refractivity contribution in [2.24, 2.45) is 11.8 Å². The zero-order chi connectivity index (χ0) is 18.9. The van der Waals surface area contributed by atoms with Gasteiger partial charge in [-0.25, -0.2) is 0 Å². The molecule has 1 aliphatic carbocycles. The van der Waals surface area contributed by atoms with Crippen molar-refractivity contribution < 1.29 is 14.4 Å². The van der Waals surface area contributed by atoms with Gasteiger partial charge in [-0.05, 0) is 56.1 Å². The lowest BCUT2D eigenvalue weighted by atomic mass is 9.93. The van der Waals surface area contributed by atoms with Gasteiger partial charge >= 0.3 is 0 Å². The summed E-state index contributed by atoms with van der Waals surface area (Å²) in [6, 6.07) is 4.15. The largest absolute Gasteiger partial charge is 0.381 e. The zero-order valence-corrected chi connectivity index (χ0v) is 16.3. The summed E-state index contributed by atoms with van der Waals surface area (Å²) in [5, 5.41) is 3.59. The molecule has 0 bridgehead atoms. The number of ether oxygens (including phenoxy) is 1. The van der Waals surface area contributed by atoms with E-state index in [0.717, 1.165) is 63.2 Å². The number of carbonyl (C=O) groups is 1. The Balaban J connectivity index is 1.14. The molecule has 2 N–H and O–H groups in total. The van der Waals surface area contributed by atoms with Crippen molar-refractivity contribution in [3.8, 4) is 0 Å². The van der Waals surface area contributed by atoms with Crippen molar-refractivity contribution >= 4 is 5.91 Å². The predicted octanol–water partition coefficient (Wildman–Crippen LogP) is 2.07. The molecule has 1 amide bonds. The van der Waals surface area contributed by atoms with E-state index in [-0.39, 0.29) is 12.4 Å². The molecule has 28 heavy (non-hydrogen) atoms. The van der Waals surface area contributed by atoms with E-state index in [2.05, 4.69) is 26.7 Å². The van der Waals surface area contributed by atoms with Crippen LogP contribution in [-0.2, 0) is 14.4 Å². The maximum atomic E-state index is 12.3. The molecule has 1 aromatic rings. The molecular formula is C21H30N4O3. The van der Waals surface area contributed by atoms with E-state index >= 15 is 0 Å². The van der Waals surface area contributed by atoms with Crippen LogP contribution in [0.5, 0.6) is 0 Å². The van der Waals surface area contributed by atoms with Gasteiger partial charge in [0.25, 0.3) is 0 Å². The van der Waals surface area contributed by atoms with Crippen LogP contribution in [0.25, 0.3) is 0 Å². The maximum Gasteiger partial charge on any atom is 0.222 e. The number of amides is 1. The molecule has 0 radical (unpaired) electrons. The molecule has 4 heterocycles. The van der Waals surface area contributed by atoms with Crippen LogP contribution in [0.2, 0.25) is 0 Å². The van der Waals surface area contributed by atoms with E-state index < -0.39 is 0 Å². The molecule has 4 aliphatic rings. The van der Waals surface area contributed by atoms with Crippen LogP contribution in [0.15, 0.2) is 18.3 Å². The molecule has 3 unspecified atom stereocenters. The Morgan fingerprint density at radius 3 is 2.82 bits per heavy atom. The summed E-state index contributed by atoms with van der Waals surface area (Å²) in [6.07, 6.45) is 8.12. The minimum atomic E-state index is -0.163. The van der Waals surface area contributed by atoms with E-state index in [1.165, 1.54) is 12.8 Å². The monoisotopic (exact) mass is 386 g/mol. The number of carbonyl (C=O) groups excluding carboxylic acids is 1. The van der Waals surface area contributed by atoms with Crippen molar-refractivity contribution in [2.75, 3.05) is 26.3 Å². The maximum absolute atomic E-state index is 12.3. The molecule has 0 aromatic carbocycles. The van der Waals surface area contributed by atoms with Crippen molar-refractivity contribution in [2.45, 2.75) is 56.8 Å². The van der Waals surface area contributed by atoms with E-state index in [1.54, 1.807) is 0 Å². The van der Waals surface area contributed by atoms with Crippen LogP contribution in [0.4, 0.5) is 0 Å². The molecule has 7 heteroatoms. The highest BCUT2D eigenvalue weighted by atomic mass is 16.7. The summed E-state index contributed by atoms with van der Waals surface area (Å²) in [6.45, 7) is 3.30. The number of piperidine rings is 1. The number of nitrogens with one attached hydrogen (secondary N) is 2. The Labute approximate surface area is 166 Å². The second-order valence-electron chi connectivity index (χ2n) is 8.70. The van der Waals surface area contributed by atoms with Crippen LogP contribution < -0.4 is 10.8 Å². The summed E-state index contributed by atoms with van der Waals surface area (Å²) < 4.78 is 5.50. The lowest BCUT2D eigenvalue weighted by molar-refractivity contribution is -0.133. The van der Waals surface area contributed by atoms with Crippen molar-refractivity contribution in [3.05, 3.63) is 29.6 Å². The first-order valence-corrected chi connectivity index (χ1v) is 10.7. The summed E-state index contributed by atoms with van der Waals surface area (Å²) in [5.74, 6) is 1.88. The van der Waals surface area contributed by atoms with Crippen molar-refractivity contribution in [1.29, 1.82) is 0 Å². The lowest BCUT2D eigenvalue weighted by Crippen LogP contribution is -2.46. The number of pyridine rings is 1. The fraction of sp³-hybridized carbons (Fsp3) is 0.714. The average Bonchev–Trinajstić information content (AvgIpc) is 3.21. The van der Waals surface area contributed by atoms with Gasteiger partial charge in [0, 0.05) is 49.5 Å². The SMILES string of the molecule is O=C(CC1CC1)N1CCC(C2NOC(c3ccnc(C4CCOC4)c3)N2)CC1. The quantitative estimate of drug-likeness (QED) is 0.807. The molecule has 1 aromatic heterocycles. The number of hydroxylamine groups is 1. The zero-order valence-electron chi connectivity index (χ0n) is 16.3. The molecule has 5 rings (SSSR count). The van der Waals surface area contributed by atoms with Crippen LogP contribution in [0.3, 0.4) is 0 Å². The number of likely N-dealkylation sites (tertiary alicyclic amines) is 1. The fourth-order valence-electron chi connectivity index (χ4n) is 4.57. The van der Waals surface area contributed by atoms with Crippen LogP contribution in [0, 0.1) is 11.8 Å². The van der Waals surface area contributed by atoms with Crippen LogP contribution >= 0.6 is 0 Å². The third-order valence-electron chi connectivity index (χ3n) is 6.62. The molecule has 3 aliphatic heterocycles. The molecule has 1 saturated carbocycles. The standard InChI is InChI=1S/C21H30N4O3/c26-19(11-14-1-2-14)25-8-4-15(5-9-25)20-23-21(28-24-20)16-3-7-22-18(12-16)17-6-10-27-13-17/h3,7,12,14-15,17,20-21,23-24H,1-2,4-6,8-11,13H2. The highest BCUT2D eigenvalue weighted by Crippen LogP contribution is 2.34. The summed E-state index contributed by atoms with van der Waals surface area (Å²) in [5.41, 5.74) is 5.38. The molecule has 3 saturated heterocycles. The Morgan fingerprint density at radius 2 is 2.07 bits per heavy atom. The number of nitrogens with zero attached hydrogens (tertiary/aromatic N) is 2. The Kier molecular flexibility index (Phi) is 5.32. The van der Waals surface area contributed by atoms with Gasteiger partial charge in [-0.2, -0.15) is 5.48 Å². The first kappa shape index (κ1) is 18.5. The van der Waals surface area contributed by atoms with Gasteiger partial charge in [0.1, 0.15) is 0 Å². The molecule has 7 nitrogen and oxygen atoms in total. The molecule has 3 atom stereocenters. The topological polar surface area (TPSA) is 75.7 Å². The highest BCUT2D eigenvalue weighted by molar-refractivity contribution is 5.76. The molecular weight excluding hydrogens is 356 g/mol. The number of aromatic nitrogens is 1. The van der Waals surface area contributed by atoms with Gasteiger partial charge in [0.2, 0.25) is 5.91 Å². The molecule has 152 valence electrons. The van der Waals surface area contributed by atoms with Crippen LogP contribution in [-0.4, -0.2) is 48.3 Å². The predicted molar refractivity (Wildman–Crippen MR) is 103 cm³/mol. The first-order valence-electron chi connectivity index (χ1n) is 10.7. The highest BCUT2D eigenvalue weighted by Gasteiger charge is 2.36. The van der Waals surface area contributed by atoms with E-state index in [4.69, 9.17) is 9.57 Å². The Hall–Kier alpha value is -1.54. The van der Waals surface area contributed by atoms with Gasteiger partial charge in [-0.3, -0.25) is 19.9 Å². The van der Waals surface area contributed by atoms with Gasteiger partial charge in [-0.1, -0.05) is 0 Å². The van der Waals surface area contributed by atoms with Gasteiger partial charge in [0.15, 0.2) is 6.23 Å². The van der Waals surface area contributed by atoms with Gasteiger partial charge in [-0.15, -0.1) is 0 Å². The average molecular weight is 386 g/mol. The minimum Gasteiger partial charge on any atom is -0.381 e. The molecule has 4 fully saturated rings. The number of hydrogen-bond donors (Lipinski definition) is 2.